The maximum atomic E-state index is 12.2. The van der Waals surface area contributed by atoms with Gasteiger partial charge >= 0.3 is 0 Å². The highest BCUT2D eigenvalue weighted by Gasteiger charge is 2.26. The molecule has 0 heterocycles. The summed E-state index contributed by atoms with van der Waals surface area (Å²) < 4.78 is 5.55. The summed E-state index contributed by atoms with van der Waals surface area (Å²) in [5.41, 5.74) is 3.47. The average Bonchev–Trinajstić information content (AvgIpc) is 2.57. The van der Waals surface area contributed by atoms with Crippen LogP contribution in [-0.2, 0) is 4.79 Å². The number of aryl methyl sites for hydroxylation is 1. The van der Waals surface area contributed by atoms with Gasteiger partial charge in [0.05, 0.1) is 7.11 Å². The Kier molecular flexibility index (Phi) is 4.05. The minimum atomic E-state index is 0.0433. The summed E-state index contributed by atoms with van der Waals surface area (Å²) in [7, 11) is 1.70. The number of rotatable bonds is 2. The number of carbonyl (C=O) groups is 1. The zero-order valence-electron chi connectivity index (χ0n) is 11.6. The maximum absolute atomic E-state index is 12.2. The number of carbonyl (C=O) groups excluding carboxylic acids is 1. The number of Topliss-reactive ketones (excluding diaryl/α,β-unsaturated/α-hetero) is 1. The molecule has 1 saturated carbocycles. The number of hydrogen-bond donors (Lipinski definition) is 0. The SMILES string of the molecule is COc1c(C2CCCCCC2=O)ccc(C)c1C. The molecule has 0 radical (unpaired) electrons. The third-order valence-electron chi connectivity index (χ3n) is 4.09. The van der Waals surface area contributed by atoms with Crippen molar-refractivity contribution in [3.8, 4) is 5.75 Å². The van der Waals surface area contributed by atoms with Gasteiger partial charge in [-0.3, -0.25) is 4.79 Å². The first kappa shape index (κ1) is 13.1. The fraction of sp³-hybridized carbons (Fsp3) is 0.562. The Morgan fingerprint density at radius 3 is 2.67 bits per heavy atom. The van der Waals surface area contributed by atoms with Crippen molar-refractivity contribution in [1.29, 1.82) is 0 Å². The summed E-state index contributed by atoms with van der Waals surface area (Å²) in [6.07, 6.45) is 5.06. The fourth-order valence-corrected chi connectivity index (χ4v) is 2.85. The second kappa shape index (κ2) is 5.55. The summed E-state index contributed by atoms with van der Waals surface area (Å²) in [4.78, 5) is 12.2. The number of ether oxygens (including phenoxy) is 1. The van der Waals surface area contributed by atoms with E-state index in [0.29, 0.717) is 5.78 Å². The van der Waals surface area contributed by atoms with E-state index in [9.17, 15) is 4.79 Å². The zero-order chi connectivity index (χ0) is 13.1. The van der Waals surface area contributed by atoms with Crippen LogP contribution in [0, 0.1) is 13.8 Å². The molecule has 2 nitrogen and oxygen atoms in total. The third kappa shape index (κ3) is 2.43. The number of methoxy groups -OCH3 is 1. The summed E-state index contributed by atoms with van der Waals surface area (Å²) >= 11 is 0. The molecule has 0 aromatic heterocycles. The second-order valence-corrected chi connectivity index (χ2v) is 5.25. The molecular formula is C16H22O2. The van der Waals surface area contributed by atoms with Crippen molar-refractivity contribution in [2.75, 3.05) is 7.11 Å². The first-order chi connectivity index (χ1) is 8.65. The molecule has 0 spiro atoms. The number of hydrogen-bond acceptors (Lipinski definition) is 2. The molecule has 18 heavy (non-hydrogen) atoms. The van der Waals surface area contributed by atoms with E-state index in [2.05, 4.69) is 26.0 Å². The average molecular weight is 246 g/mol. The predicted molar refractivity (Wildman–Crippen MR) is 73.3 cm³/mol. The van der Waals surface area contributed by atoms with Gasteiger partial charge in [-0.15, -0.1) is 0 Å². The van der Waals surface area contributed by atoms with Gasteiger partial charge in [-0.05, 0) is 37.8 Å². The van der Waals surface area contributed by atoms with Gasteiger partial charge in [-0.2, -0.15) is 0 Å². The molecule has 1 atom stereocenters. The summed E-state index contributed by atoms with van der Waals surface area (Å²) in [5.74, 6) is 1.34. The van der Waals surface area contributed by atoms with Crippen molar-refractivity contribution in [2.24, 2.45) is 0 Å². The predicted octanol–water partition coefficient (Wildman–Crippen LogP) is 3.93. The van der Waals surface area contributed by atoms with Crippen LogP contribution in [0.5, 0.6) is 5.75 Å². The minimum Gasteiger partial charge on any atom is -0.496 e. The molecule has 1 aliphatic carbocycles. The van der Waals surface area contributed by atoms with Gasteiger partial charge in [-0.25, -0.2) is 0 Å². The first-order valence-corrected chi connectivity index (χ1v) is 6.82. The summed E-state index contributed by atoms with van der Waals surface area (Å²) in [6.45, 7) is 4.15. The van der Waals surface area contributed by atoms with Crippen LogP contribution in [0.15, 0.2) is 12.1 Å². The van der Waals surface area contributed by atoms with Crippen LogP contribution in [0.2, 0.25) is 0 Å². The monoisotopic (exact) mass is 246 g/mol. The highest BCUT2D eigenvalue weighted by molar-refractivity contribution is 5.86. The Morgan fingerprint density at radius 2 is 1.94 bits per heavy atom. The molecule has 1 aliphatic rings. The Balaban J connectivity index is 2.42. The van der Waals surface area contributed by atoms with Crippen molar-refractivity contribution < 1.29 is 9.53 Å². The minimum absolute atomic E-state index is 0.0433. The zero-order valence-corrected chi connectivity index (χ0v) is 11.6. The standard InChI is InChI=1S/C16H22O2/c1-11-9-10-14(16(18-3)12(11)2)13-7-5-4-6-8-15(13)17/h9-10,13H,4-8H2,1-3H3. The Bertz CT molecular complexity index is 449. The molecule has 1 unspecified atom stereocenters. The highest BCUT2D eigenvalue weighted by atomic mass is 16.5. The summed E-state index contributed by atoms with van der Waals surface area (Å²) in [5, 5.41) is 0. The van der Waals surface area contributed by atoms with Gasteiger partial charge in [0.15, 0.2) is 0 Å². The van der Waals surface area contributed by atoms with Gasteiger partial charge in [0.1, 0.15) is 11.5 Å². The lowest BCUT2D eigenvalue weighted by Crippen LogP contribution is -2.12. The van der Waals surface area contributed by atoms with Crippen LogP contribution in [-0.4, -0.2) is 12.9 Å². The number of ketones is 1. The molecule has 2 rings (SSSR count). The van der Waals surface area contributed by atoms with E-state index >= 15 is 0 Å². The van der Waals surface area contributed by atoms with E-state index in [-0.39, 0.29) is 5.92 Å². The van der Waals surface area contributed by atoms with Crippen molar-refractivity contribution in [3.63, 3.8) is 0 Å². The van der Waals surface area contributed by atoms with Gasteiger partial charge in [0.2, 0.25) is 0 Å². The fourth-order valence-electron chi connectivity index (χ4n) is 2.85. The van der Waals surface area contributed by atoms with E-state index < -0.39 is 0 Å². The molecule has 1 fully saturated rings. The highest BCUT2D eigenvalue weighted by Crippen LogP contribution is 2.37. The molecule has 1 aromatic rings. The molecule has 0 amide bonds. The van der Waals surface area contributed by atoms with Crippen LogP contribution in [0.25, 0.3) is 0 Å². The van der Waals surface area contributed by atoms with Crippen molar-refractivity contribution >= 4 is 5.78 Å². The third-order valence-corrected chi connectivity index (χ3v) is 4.09. The molecule has 0 N–H and O–H groups in total. The van der Waals surface area contributed by atoms with Crippen LogP contribution < -0.4 is 4.74 Å². The van der Waals surface area contributed by atoms with Crippen LogP contribution in [0.3, 0.4) is 0 Å². The van der Waals surface area contributed by atoms with E-state index in [4.69, 9.17) is 4.74 Å². The summed E-state index contributed by atoms with van der Waals surface area (Å²) in [6, 6.07) is 4.18. The lowest BCUT2D eigenvalue weighted by Gasteiger charge is -2.19. The van der Waals surface area contributed by atoms with Gasteiger partial charge in [0, 0.05) is 17.9 Å². The van der Waals surface area contributed by atoms with Gasteiger partial charge in [-0.1, -0.05) is 25.0 Å². The normalized spacial score (nSPS) is 20.6. The quantitative estimate of drug-likeness (QED) is 0.739. The van der Waals surface area contributed by atoms with Crippen molar-refractivity contribution in [3.05, 3.63) is 28.8 Å². The van der Waals surface area contributed by atoms with Crippen molar-refractivity contribution in [1.82, 2.24) is 0 Å². The van der Waals surface area contributed by atoms with E-state index in [1.807, 2.05) is 0 Å². The molecule has 0 aliphatic heterocycles. The largest absolute Gasteiger partial charge is 0.496 e. The molecule has 2 heteroatoms. The Labute approximate surface area is 109 Å². The molecule has 98 valence electrons. The van der Waals surface area contributed by atoms with Crippen LogP contribution >= 0.6 is 0 Å². The lowest BCUT2D eigenvalue weighted by atomic mass is 9.88. The van der Waals surface area contributed by atoms with E-state index in [1.165, 1.54) is 12.0 Å². The molecule has 1 aromatic carbocycles. The molecular weight excluding hydrogens is 224 g/mol. The van der Waals surface area contributed by atoms with Gasteiger partial charge < -0.3 is 4.74 Å². The van der Waals surface area contributed by atoms with E-state index in [0.717, 1.165) is 42.6 Å². The van der Waals surface area contributed by atoms with Crippen LogP contribution in [0.4, 0.5) is 0 Å². The Morgan fingerprint density at radius 1 is 1.17 bits per heavy atom. The van der Waals surface area contributed by atoms with E-state index in [1.54, 1.807) is 7.11 Å². The second-order valence-electron chi connectivity index (χ2n) is 5.25. The van der Waals surface area contributed by atoms with Crippen molar-refractivity contribution in [2.45, 2.75) is 51.9 Å². The smallest absolute Gasteiger partial charge is 0.140 e. The van der Waals surface area contributed by atoms with Gasteiger partial charge in [0.25, 0.3) is 0 Å². The number of benzene rings is 1. The molecule has 0 saturated heterocycles. The Hall–Kier alpha value is -1.31. The lowest BCUT2D eigenvalue weighted by molar-refractivity contribution is -0.120. The topological polar surface area (TPSA) is 26.3 Å². The maximum Gasteiger partial charge on any atom is 0.140 e. The molecule has 0 bridgehead atoms. The first-order valence-electron chi connectivity index (χ1n) is 6.82. The van der Waals surface area contributed by atoms with Crippen LogP contribution in [0.1, 0.15) is 54.7 Å².